The molecule has 1 N–H and O–H groups in total. The lowest BCUT2D eigenvalue weighted by atomic mass is 9.87. The van der Waals surface area contributed by atoms with Crippen LogP contribution in [0.25, 0.3) is 0 Å². The number of likely N-dealkylation sites (tertiary alicyclic amines) is 1. The van der Waals surface area contributed by atoms with Gasteiger partial charge in [0, 0.05) is 18.7 Å². The third-order valence-corrected chi connectivity index (χ3v) is 5.44. The SMILES string of the molecule is CNC1CCN(C2CCOC3(CCCC3)C2)CC1. The van der Waals surface area contributed by atoms with Crippen molar-refractivity contribution in [2.75, 3.05) is 26.7 Å². The van der Waals surface area contributed by atoms with Gasteiger partial charge in [0.15, 0.2) is 0 Å². The highest BCUT2D eigenvalue weighted by molar-refractivity contribution is 4.95. The highest BCUT2D eigenvalue weighted by Gasteiger charge is 2.41. The molecular formula is C15H28N2O. The van der Waals surface area contributed by atoms with Crippen molar-refractivity contribution in [3.05, 3.63) is 0 Å². The van der Waals surface area contributed by atoms with Gasteiger partial charge in [-0.3, -0.25) is 0 Å². The minimum Gasteiger partial charge on any atom is -0.375 e. The molecule has 1 aliphatic carbocycles. The zero-order valence-corrected chi connectivity index (χ0v) is 11.8. The fraction of sp³-hybridized carbons (Fsp3) is 1.00. The van der Waals surface area contributed by atoms with E-state index in [1.54, 1.807) is 0 Å². The Labute approximate surface area is 111 Å². The minimum atomic E-state index is 0.281. The molecule has 2 saturated heterocycles. The number of piperidine rings is 1. The highest BCUT2D eigenvalue weighted by Crippen LogP contribution is 2.41. The van der Waals surface area contributed by atoms with Gasteiger partial charge in [-0.15, -0.1) is 0 Å². The zero-order valence-electron chi connectivity index (χ0n) is 11.8. The summed E-state index contributed by atoms with van der Waals surface area (Å²) in [5.41, 5.74) is 0.281. The van der Waals surface area contributed by atoms with E-state index < -0.39 is 0 Å². The third-order valence-electron chi connectivity index (χ3n) is 5.44. The molecule has 2 aliphatic heterocycles. The normalized spacial score (nSPS) is 34.2. The molecule has 1 spiro atoms. The Balaban J connectivity index is 1.56. The van der Waals surface area contributed by atoms with Crippen molar-refractivity contribution in [2.24, 2.45) is 0 Å². The summed E-state index contributed by atoms with van der Waals surface area (Å²) in [4.78, 5) is 2.75. The van der Waals surface area contributed by atoms with E-state index in [0.717, 1.165) is 18.7 Å². The zero-order chi connectivity index (χ0) is 12.4. The van der Waals surface area contributed by atoms with Crippen molar-refractivity contribution in [1.29, 1.82) is 0 Å². The lowest BCUT2D eigenvalue weighted by Crippen LogP contribution is -2.51. The molecule has 0 amide bonds. The molecule has 1 saturated carbocycles. The number of hydrogen-bond acceptors (Lipinski definition) is 3. The first-order valence-corrected chi connectivity index (χ1v) is 7.87. The van der Waals surface area contributed by atoms with E-state index in [2.05, 4.69) is 17.3 Å². The number of rotatable bonds is 2. The van der Waals surface area contributed by atoms with Crippen LogP contribution in [-0.2, 0) is 4.74 Å². The molecule has 0 aromatic rings. The lowest BCUT2D eigenvalue weighted by molar-refractivity contribution is -0.104. The Kier molecular flexibility index (Phi) is 3.92. The molecule has 18 heavy (non-hydrogen) atoms. The van der Waals surface area contributed by atoms with Crippen LogP contribution >= 0.6 is 0 Å². The van der Waals surface area contributed by atoms with Gasteiger partial charge in [-0.25, -0.2) is 0 Å². The molecule has 3 heteroatoms. The first-order chi connectivity index (χ1) is 8.81. The van der Waals surface area contributed by atoms with Crippen molar-refractivity contribution < 1.29 is 4.74 Å². The van der Waals surface area contributed by atoms with Crippen molar-refractivity contribution in [1.82, 2.24) is 10.2 Å². The summed E-state index contributed by atoms with van der Waals surface area (Å²) in [7, 11) is 2.10. The molecule has 1 unspecified atom stereocenters. The fourth-order valence-electron chi connectivity index (χ4n) is 4.23. The molecule has 0 aromatic heterocycles. The van der Waals surface area contributed by atoms with Gasteiger partial charge in [-0.05, 0) is 58.7 Å². The number of hydrogen-bond donors (Lipinski definition) is 1. The first-order valence-electron chi connectivity index (χ1n) is 7.87. The topological polar surface area (TPSA) is 24.5 Å². The van der Waals surface area contributed by atoms with Crippen LogP contribution in [0.1, 0.15) is 51.4 Å². The van der Waals surface area contributed by atoms with Crippen molar-refractivity contribution >= 4 is 0 Å². The van der Waals surface area contributed by atoms with Crippen molar-refractivity contribution in [2.45, 2.75) is 69.1 Å². The van der Waals surface area contributed by atoms with Gasteiger partial charge in [0.05, 0.1) is 5.60 Å². The van der Waals surface area contributed by atoms with E-state index in [1.807, 2.05) is 0 Å². The van der Waals surface area contributed by atoms with Crippen LogP contribution in [0.2, 0.25) is 0 Å². The Hall–Kier alpha value is -0.120. The average molecular weight is 252 g/mol. The summed E-state index contributed by atoms with van der Waals surface area (Å²) in [5.74, 6) is 0. The highest BCUT2D eigenvalue weighted by atomic mass is 16.5. The van der Waals surface area contributed by atoms with Gasteiger partial charge >= 0.3 is 0 Å². The molecule has 0 aromatic carbocycles. The smallest absolute Gasteiger partial charge is 0.0697 e. The van der Waals surface area contributed by atoms with E-state index in [9.17, 15) is 0 Å². The molecule has 104 valence electrons. The summed E-state index contributed by atoms with van der Waals surface area (Å²) >= 11 is 0. The maximum atomic E-state index is 6.15. The average Bonchev–Trinajstić information content (AvgIpc) is 2.87. The van der Waals surface area contributed by atoms with Crippen LogP contribution in [0.15, 0.2) is 0 Å². The molecule has 3 fully saturated rings. The molecule has 0 bridgehead atoms. The summed E-state index contributed by atoms with van der Waals surface area (Å²) in [5, 5.41) is 3.42. The molecule has 2 heterocycles. The van der Waals surface area contributed by atoms with Crippen molar-refractivity contribution in [3.63, 3.8) is 0 Å². The van der Waals surface area contributed by atoms with Gasteiger partial charge in [-0.1, -0.05) is 12.8 Å². The van der Waals surface area contributed by atoms with Crippen LogP contribution in [0.3, 0.4) is 0 Å². The molecule has 3 rings (SSSR count). The Morgan fingerprint density at radius 1 is 1.11 bits per heavy atom. The van der Waals surface area contributed by atoms with Gasteiger partial charge < -0.3 is 15.0 Å². The molecule has 3 nitrogen and oxygen atoms in total. The van der Waals surface area contributed by atoms with Crippen LogP contribution in [0.4, 0.5) is 0 Å². The Bertz CT molecular complexity index is 268. The summed E-state index contributed by atoms with van der Waals surface area (Å²) in [6.07, 6.45) is 10.6. The summed E-state index contributed by atoms with van der Waals surface area (Å²) < 4.78 is 6.15. The quantitative estimate of drug-likeness (QED) is 0.815. The molecule has 3 aliphatic rings. The van der Waals surface area contributed by atoms with E-state index >= 15 is 0 Å². The maximum absolute atomic E-state index is 6.15. The number of nitrogens with zero attached hydrogens (tertiary/aromatic N) is 1. The fourth-order valence-corrected chi connectivity index (χ4v) is 4.23. The predicted molar refractivity (Wildman–Crippen MR) is 73.8 cm³/mol. The molecule has 1 atom stereocenters. The third kappa shape index (κ3) is 2.59. The van der Waals surface area contributed by atoms with E-state index in [-0.39, 0.29) is 5.60 Å². The van der Waals surface area contributed by atoms with Gasteiger partial charge in [-0.2, -0.15) is 0 Å². The summed E-state index contributed by atoms with van der Waals surface area (Å²) in [6, 6.07) is 1.55. The molecule has 0 radical (unpaired) electrons. The number of nitrogens with one attached hydrogen (secondary N) is 1. The largest absolute Gasteiger partial charge is 0.375 e. The molecular weight excluding hydrogens is 224 g/mol. The number of ether oxygens (including phenoxy) is 1. The first kappa shape index (κ1) is 12.9. The van der Waals surface area contributed by atoms with Crippen LogP contribution < -0.4 is 5.32 Å². The summed E-state index contributed by atoms with van der Waals surface area (Å²) in [6.45, 7) is 3.56. The maximum Gasteiger partial charge on any atom is 0.0697 e. The lowest BCUT2D eigenvalue weighted by Gasteiger charge is -2.45. The second-order valence-electron chi connectivity index (χ2n) is 6.48. The van der Waals surface area contributed by atoms with Gasteiger partial charge in [0.1, 0.15) is 0 Å². The van der Waals surface area contributed by atoms with Crippen LogP contribution in [0.5, 0.6) is 0 Å². The second kappa shape index (κ2) is 5.48. The Morgan fingerprint density at radius 3 is 2.50 bits per heavy atom. The minimum absolute atomic E-state index is 0.281. The van der Waals surface area contributed by atoms with Crippen molar-refractivity contribution in [3.8, 4) is 0 Å². The second-order valence-corrected chi connectivity index (χ2v) is 6.48. The van der Waals surface area contributed by atoms with Crippen LogP contribution in [0, 0.1) is 0 Å². The van der Waals surface area contributed by atoms with E-state index in [0.29, 0.717) is 0 Å². The van der Waals surface area contributed by atoms with Gasteiger partial charge in [0.2, 0.25) is 0 Å². The Morgan fingerprint density at radius 2 is 1.83 bits per heavy atom. The standard InChI is InChI=1S/C15H28N2O/c1-16-13-4-9-17(10-5-13)14-6-11-18-15(12-14)7-2-3-8-15/h13-14,16H,2-12H2,1H3. The predicted octanol–water partition coefficient (Wildman–Crippen LogP) is 2.16. The van der Waals surface area contributed by atoms with Crippen LogP contribution in [-0.4, -0.2) is 49.3 Å². The van der Waals surface area contributed by atoms with E-state index in [1.165, 1.54) is 64.5 Å². The van der Waals surface area contributed by atoms with E-state index in [4.69, 9.17) is 4.74 Å². The monoisotopic (exact) mass is 252 g/mol. The van der Waals surface area contributed by atoms with Gasteiger partial charge in [0.25, 0.3) is 0 Å².